The molecular weight excluding hydrogens is 346 g/mol. The van der Waals surface area contributed by atoms with Crippen LogP contribution in [0.1, 0.15) is 18.4 Å². The smallest absolute Gasteiger partial charge is 0.279 e. The number of ether oxygens (including phenoxy) is 1. The number of para-hydroxylation sites is 1. The highest BCUT2D eigenvalue weighted by Gasteiger charge is 2.31. The van der Waals surface area contributed by atoms with Gasteiger partial charge in [-0.3, -0.25) is 4.79 Å². The molecule has 1 amide bonds. The summed E-state index contributed by atoms with van der Waals surface area (Å²) in [6.07, 6.45) is 2.94. The predicted octanol–water partition coefficient (Wildman–Crippen LogP) is 4.05. The number of nitrogens with zero attached hydrogens (tertiary/aromatic N) is 2. The second kappa shape index (κ2) is 6.29. The van der Waals surface area contributed by atoms with Crippen LogP contribution in [0.25, 0.3) is 10.2 Å². The maximum atomic E-state index is 12.6. The van der Waals surface area contributed by atoms with Gasteiger partial charge in [0, 0.05) is 25.2 Å². The van der Waals surface area contributed by atoms with Crippen LogP contribution in [-0.2, 0) is 11.2 Å². The quantitative estimate of drug-likeness (QED) is 0.761. The predicted molar refractivity (Wildman–Crippen MR) is 103 cm³/mol. The Hall–Kier alpha value is -2.60. The molecule has 0 bridgehead atoms. The standard InChI is InChI=1S/C20H19N3O2S/c24-19(23-9-3-4-10-23)17-12-13-11-14(7-8-15(13)21-17)25-20-22-16-5-1-2-6-18(16)26-20/h1-2,5-8,11,17,21H,3-4,9-10,12H2. The number of rotatable bonds is 3. The number of fused-ring (bicyclic) bond motifs is 2. The molecule has 5 rings (SSSR count). The minimum Gasteiger partial charge on any atom is -0.431 e. The molecular formula is C20H19N3O2S. The Morgan fingerprint density at radius 1 is 1.19 bits per heavy atom. The van der Waals surface area contributed by atoms with Crippen LogP contribution < -0.4 is 10.1 Å². The lowest BCUT2D eigenvalue weighted by Crippen LogP contribution is -2.40. The summed E-state index contributed by atoms with van der Waals surface area (Å²) in [5, 5.41) is 4.00. The van der Waals surface area contributed by atoms with Gasteiger partial charge in [-0.05, 0) is 48.7 Å². The number of likely N-dealkylation sites (tertiary alicyclic amines) is 1. The summed E-state index contributed by atoms with van der Waals surface area (Å²) in [5.41, 5.74) is 3.10. The first-order chi connectivity index (χ1) is 12.8. The largest absolute Gasteiger partial charge is 0.431 e. The molecule has 2 aliphatic rings. The van der Waals surface area contributed by atoms with Gasteiger partial charge >= 0.3 is 0 Å². The Bertz CT molecular complexity index is 945. The number of amides is 1. The highest BCUT2D eigenvalue weighted by molar-refractivity contribution is 7.20. The van der Waals surface area contributed by atoms with Crippen molar-refractivity contribution in [3.63, 3.8) is 0 Å². The fraction of sp³-hybridized carbons (Fsp3) is 0.300. The van der Waals surface area contributed by atoms with Gasteiger partial charge in [0.15, 0.2) is 0 Å². The number of nitrogens with one attached hydrogen (secondary N) is 1. The molecule has 132 valence electrons. The van der Waals surface area contributed by atoms with Crippen molar-refractivity contribution in [2.75, 3.05) is 18.4 Å². The van der Waals surface area contributed by atoms with E-state index in [0.717, 1.165) is 53.1 Å². The summed E-state index contributed by atoms with van der Waals surface area (Å²) in [5.74, 6) is 0.978. The molecule has 26 heavy (non-hydrogen) atoms. The zero-order chi connectivity index (χ0) is 17.5. The van der Waals surface area contributed by atoms with Crippen molar-refractivity contribution < 1.29 is 9.53 Å². The monoisotopic (exact) mass is 365 g/mol. The van der Waals surface area contributed by atoms with Gasteiger partial charge in [-0.25, -0.2) is 4.98 Å². The molecule has 0 radical (unpaired) electrons. The third-order valence-electron chi connectivity index (χ3n) is 5.03. The number of hydrogen-bond donors (Lipinski definition) is 1. The van der Waals surface area contributed by atoms with Crippen LogP contribution in [0, 0.1) is 0 Å². The van der Waals surface area contributed by atoms with Gasteiger partial charge in [-0.2, -0.15) is 0 Å². The highest BCUT2D eigenvalue weighted by Crippen LogP contribution is 2.35. The number of hydrogen-bond acceptors (Lipinski definition) is 5. The molecule has 6 heteroatoms. The molecule has 1 atom stereocenters. The van der Waals surface area contributed by atoms with E-state index in [1.54, 1.807) is 0 Å². The molecule has 2 aliphatic heterocycles. The van der Waals surface area contributed by atoms with E-state index in [-0.39, 0.29) is 11.9 Å². The van der Waals surface area contributed by atoms with E-state index >= 15 is 0 Å². The number of aromatic nitrogens is 1. The Balaban J connectivity index is 1.33. The minimum absolute atomic E-state index is 0.152. The molecule has 1 saturated heterocycles. The van der Waals surface area contributed by atoms with Crippen LogP contribution in [0.15, 0.2) is 42.5 Å². The second-order valence-electron chi connectivity index (χ2n) is 6.80. The molecule has 3 aromatic rings. The summed E-state index contributed by atoms with van der Waals surface area (Å²) in [4.78, 5) is 19.1. The lowest BCUT2D eigenvalue weighted by Gasteiger charge is -2.20. The van der Waals surface area contributed by atoms with E-state index in [1.807, 2.05) is 47.4 Å². The van der Waals surface area contributed by atoms with E-state index in [1.165, 1.54) is 11.3 Å². The van der Waals surface area contributed by atoms with Crippen LogP contribution in [0.5, 0.6) is 10.9 Å². The molecule has 1 N–H and O–H groups in total. The van der Waals surface area contributed by atoms with Gasteiger partial charge < -0.3 is 15.0 Å². The van der Waals surface area contributed by atoms with Crippen molar-refractivity contribution >= 4 is 33.1 Å². The topological polar surface area (TPSA) is 54.5 Å². The Morgan fingerprint density at radius 3 is 2.88 bits per heavy atom. The zero-order valence-electron chi connectivity index (χ0n) is 14.3. The molecule has 1 fully saturated rings. The molecule has 0 spiro atoms. The van der Waals surface area contributed by atoms with E-state index < -0.39 is 0 Å². The van der Waals surface area contributed by atoms with Crippen LogP contribution in [0.2, 0.25) is 0 Å². The molecule has 1 unspecified atom stereocenters. The zero-order valence-corrected chi connectivity index (χ0v) is 15.1. The Kier molecular flexibility index (Phi) is 3.78. The van der Waals surface area contributed by atoms with Gasteiger partial charge in [0.2, 0.25) is 5.91 Å². The highest BCUT2D eigenvalue weighted by atomic mass is 32.1. The first kappa shape index (κ1) is 15.6. The summed E-state index contributed by atoms with van der Waals surface area (Å²) in [7, 11) is 0. The summed E-state index contributed by atoms with van der Waals surface area (Å²) in [6.45, 7) is 1.78. The van der Waals surface area contributed by atoms with Crippen molar-refractivity contribution in [2.45, 2.75) is 25.3 Å². The SMILES string of the molecule is O=C(C1Cc2cc(Oc3nc4ccccc4s3)ccc2N1)N1CCCC1. The summed E-state index contributed by atoms with van der Waals surface area (Å²) < 4.78 is 7.08. The third kappa shape index (κ3) is 2.80. The minimum atomic E-state index is -0.152. The Labute approximate surface area is 155 Å². The number of thiazole rings is 1. The summed E-state index contributed by atoms with van der Waals surface area (Å²) >= 11 is 1.54. The molecule has 3 heterocycles. The van der Waals surface area contributed by atoms with E-state index in [2.05, 4.69) is 10.3 Å². The van der Waals surface area contributed by atoms with Gasteiger partial charge in [-0.15, -0.1) is 0 Å². The third-order valence-corrected chi connectivity index (χ3v) is 5.94. The molecule has 5 nitrogen and oxygen atoms in total. The fourth-order valence-electron chi connectivity index (χ4n) is 3.70. The molecule has 1 aromatic heterocycles. The van der Waals surface area contributed by atoms with Crippen molar-refractivity contribution in [1.82, 2.24) is 9.88 Å². The fourth-order valence-corrected chi connectivity index (χ4v) is 4.54. The average molecular weight is 365 g/mol. The number of carbonyl (C=O) groups is 1. The van der Waals surface area contributed by atoms with Crippen molar-refractivity contribution in [3.05, 3.63) is 48.0 Å². The van der Waals surface area contributed by atoms with Gasteiger partial charge in [-0.1, -0.05) is 23.5 Å². The van der Waals surface area contributed by atoms with Crippen LogP contribution in [0.4, 0.5) is 5.69 Å². The van der Waals surface area contributed by atoms with Gasteiger partial charge in [0.05, 0.1) is 10.2 Å². The normalized spacial score (nSPS) is 18.8. The van der Waals surface area contributed by atoms with E-state index in [9.17, 15) is 4.79 Å². The first-order valence-corrected chi connectivity index (χ1v) is 9.79. The maximum absolute atomic E-state index is 12.6. The second-order valence-corrected chi connectivity index (χ2v) is 7.80. The van der Waals surface area contributed by atoms with Crippen molar-refractivity contribution in [2.24, 2.45) is 0 Å². The molecule has 2 aromatic carbocycles. The number of benzene rings is 2. The molecule has 0 saturated carbocycles. The van der Waals surface area contributed by atoms with E-state index in [0.29, 0.717) is 11.6 Å². The number of carbonyl (C=O) groups excluding carboxylic acids is 1. The van der Waals surface area contributed by atoms with Crippen molar-refractivity contribution in [1.29, 1.82) is 0 Å². The molecule has 0 aliphatic carbocycles. The lowest BCUT2D eigenvalue weighted by atomic mass is 10.1. The van der Waals surface area contributed by atoms with Gasteiger partial charge in [0.1, 0.15) is 11.8 Å². The number of anilines is 1. The maximum Gasteiger partial charge on any atom is 0.279 e. The first-order valence-electron chi connectivity index (χ1n) is 8.98. The summed E-state index contributed by atoms with van der Waals surface area (Å²) in [6, 6.07) is 13.8. The Morgan fingerprint density at radius 2 is 2.04 bits per heavy atom. The van der Waals surface area contributed by atoms with Crippen LogP contribution in [0.3, 0.4) is 0 Å². The average Bonchev–Trinajstić information content (AvgIpc) is 3.39. The van der Waals surface area contributed by atoms with E-state index in [4.69, 9.17) is 4.74 Å². The van der Waals surface area contributed by atoms with Crippen LogP contribution in [-0.4, -0.2) is 34.9 Å². The lowest BCUT2D eigenvalue weighted by molar-refractivity contribution is -0.130. The van der Waals surface area contributed by atoms with Crippen LogP contribution >= 0.6 is 11.3 Å². The van der Waals surface area contributed by atoms with Crippen molar-refractivity contribution in [3.8, 4) is 10.9 Å². The van der Waals surface area contributed by atoms with Gasteiger partial charge in [0.25, 0.3) is 5.19 Å².